The summed E-state index contributed by atoms with van der Waals surface area (Å²) in [4.78, 5) is 23.9. The summed E-state index contributed by atoms with van der Waals surface area (Å²) in [7, 11) is 4.03. The van der Waals surface area contributed by atoms with Crippen molar-refractivity contribution < 1.29 is 13.6 Å². The SMILES string of the molecule is CN(C)c1nc(N[C@H]2CC[C@@H](NC(=O)c3cc(F)cc(F)c3)CC2)nc2c1CCCC2. The fourth-order valence-corrected chi connectivity index (χ4v) is 4.53. The van der Waals surface area contributed by atoms with Gasteiger partial charge >= 0.3 is 0 Å². The highest BCUT2D eigenvalue weighted by molar-refractivity contribution is 5.94. The molecule has 1 amide bonds. The number of halogens is 2. The highest BCUT2D eigenvalue weighted by Crippen LogP contribution is 2.29. The van der Waals surface area contributed by atoms with Gasteiger partial charge in [0.05, 0.1) is 5.69 Å². The van der Waals surface area contributed by atoms with Gasteiger partial charge in [-0.05, 0) is 63.5 Å². The highest BCUT2D eigenvalue weighted by Gasteiger charge is 2.25. The lowest BCUT2D eigenvalue weighted by Gasteiger charge is -2.30. The van der Waals surface area contributed by atoms with E-state index < -0.39 is 17.5 Å². The number of carbonyl (C=O) groups is 1. The molecule has 2 aromatic rings. The first-order valence-electron chi connectivity index (χ1n) is 11.0. The Morgan fingerprint density at radius 2 is 1.61 bits per heavy atom. The van der Waals surface area contributed by atoms with E-state index >= 15 is 0 Å². The van der Waals surface area contributed by atoms with Gasteiger partial charge in [-0.15, -0.1) is 0 Å². The molecule has 2 aliphatic carbocycles. The minimum atomic E-state index is -0.750. The molecule has 4 rings (SSSR count). The van der Waals surface area contributed by atoms with E-state index in [4.69, 9.17) is 9.97 Å². The molecule has 0 atom stereocenters. The predicted molar refractivity (Wildman–Crippen MR) is 116 cm³/mol. The van der Waals surface area contributed by atoms with Crippen LogP contribution in [0, 0.1) is 11.6 Å². The van der Waals surface area contributed by atoms with Crippen LogP contribution in [-0.4, -0.2) is 42.1 Å². The number of hydrogen-bond donors (Lipinski definition) is 2. The van der Waals surface area contributed by atoms with Crippen LogP contribution in [0.4, 0.5) is 20.5 Å². The summed E-state index contributed by atoms with van der Waals surface area (Å²) in [5, 5.41) is 6.39. The second kappa shape index (κ2) is 9.16. The Kier molecular flexibility index (Phi) is 6.34. The van der Waals surface area contributed by atoms with E-state index in [-0.39, 0.29) is 17.6 Å². The number of benzene rings is 1. The van der Waals surface area contributed by atoms with E-state index in [2.05, 4.69) is 15.5 Å². The Labute approximate surface area is 181 Å². The maximum atomic E-state index is 13.4. The molecule has 1 aromatic carbocycles. The van der Waals surface area contributed by atoms with Gasteiger partial charge in [-0.25, -0.2) is 13.8 Å². The molecule has 31 heavy (non-hydrogen) atoms. The van der Waals surface area contributed by atoms with Gasteiger partial charge < -0.3 is 15.5 Å². The fraction of sp³-hybridized carbons (Fsp3) is 0.522. The molecule has 0 bridgehead atoms. The van der Waals surface area contributed by atoms with Gasteiger partial charge in [0.1, 0.15) is 17.5 Å². The lowest BCUT2D eigenvalue weighted by Crippen LogP contribution is -2.40. The third kappa shape index (κ3) is 5.11. The number of nitrogens with zero attached hydrogens (tertiary/aromatic N) is 3. The third-order valence-electron chi connectivity index (χ3n) is 6.11. The van der Waals surface area contributed by atoms with E-state index in [1.807, 2.05) is 14.1 Å². The summed E-state index contributed by atoms with van der Waals surface area (Å²) in [6.07, 6.45) is 7.66. The van der Waals surface area contributed by atoms with Crippen molar-refractivity contribution in [2.24, 2.45) is 0 Å². The molecule has 0 unspecified atom stereocenters. The van der Waals surface area contributed by atoms with Gasteiger partial charge in [0.25, 0.3) is 5.91 Å². The second-order valence-electron chi connectivity index (χ2n) is 8.72. The number of anilines is 2. The zero-order valence-corrected chi connectivity index (χ0v) is 18.0. The largest absolute Gasteiger partial charge is 0.362 e. The second-order valence-corrected chi connectivity index (χ2v) is 8.72. The Balaban J connectivity index is 1.35. The number of hydrogen-bond acceptors (Lipinski definition) is 5. The average molecular weight is 430 g/mol. The zero-order chi connectivity index (χ0) is 22.0. The number of nitrogens with one attached hydrogen (secondary N) is 2. The minimum absolute atomic E-state index is 0.0106. The van der Waals surface area contributed by atoms with Gasteiger partial charge in [0, 0.05) is 43.4 Å². The van der Waals surface area contributed by atoms with Crippen LogP contribution in [0.1, 0.15) is 60.1 Å². The predicted octanol–water partition coefficient (Wildman–Crippen LogP) is 3.85. The van der Waals surface area contributed by atoms with Crippen molar-refractivity contribution in [2.75, 3.05) is 24.3 Å². The molecular weight excluding hydrogens is 400 g/mol. The Morgan fingerprint density at radius 1 is 0.968 bits per heavy atom. The van der Waals surface area contributed by atoms with Crippen molar-refractivity contribution in [2.45, 2.75) is 63.5 Å². The molecule has 6 nitrogen and oxygen atoms in total. The molecule has 0 spiro atoms. The first kappa shape index (κ1) is 21.5. The van der Waals surface area contributed by atoms with Crippen LogP contribution in [0.3, 0.4) is 0 Å². The van der Waals surface area contributed by atoms with Crippen molar-refractivity contribution in [3.05, 3.63) is 46.7 Å². The van der Waals surface area contributed by atoms with E-state index in [1.54, 1.807) is 0 Å². The fourth-order valence-electron chi connectivity index (χ4n) is 4.53. The molecule has 1 aromatic heterocycles. The van der Waals surface area contributed by atoms with Crippen molar-refractivity contribution >= 4 is 17.7 Å². The topological polar surface area (TPSA) is 70.2 Å². The normalized spacial score (nSPS) is 20.6. The van der Waals surface area contributed by atoms with Crippen LogP contribution in [0.15, 0.2) is 18.2 Å². The number of aryl methyl sites for hydroxylation is 1. The molecule has 2 aliphatic rings. The first-order chi connectivity index (χ1) is 14.9. The minimum Gasteiger partial charge on any atom is -0.362 e. The molecular formula is C23H29F2N5O. The molecule has 166 valence electrons. The van der Waals surface area contributed by atoms with E-state index in [0.717, 1.165) is 74.7 Å². The molecule has 0 radical (unpaired) electrons. The van der Waals surface area contributed by atoms with Crippen LogP contribution in [0.2, 0.25) is 0 Å². The van der Waals surface area contributed by atoms with Crippen LogP contribution in [0.25, 0.3) is 0 Å². The summed E-state index contributed by atoms with van der Waals surface area (Å²) in [6, 6.07) is 3.09. The van der Waals surface area contributed by atoms with Crippen LogP contribution in [0.5, 0.6) is 0 Å². The number of carbonyl (C=O) groups excluding carboxylic acids is 1. The molecule has 8 heteroatoms. The summed E-state index contributed by atoms with van der Waals surface area (Å²) >= 11 is 0. The van der Waals surface area contributed by atoms with E-state index in [0.29, 0.717) is 5.95 Å². The van der Waals surface area contributed by atoms with Crippen molar-refractivity contribution in [3.8, 4) is 0 Å². The van der Waals surface area contributed by atoms with Crippen LogP contribution >= 0.6 is 0 Å². The Hall–Kier alpha value is -2.77. The third-order valence-corrected chi connectivity index (χ3v) is 6.11. The van der Waals surface area contributed by atoms with Crippen LogP contribution < -0.4 is 15.5 Å². The maximum Gasteiger partial charge on any atom is 0.251 e. The number of rotatable bonds is 5. The van der Waals surface area contributed by atoms with E-state index in [1.165, 1.54) is 12.0 Å². The van der Waals surface area contributed by atoms with Gasteiger partial charge in [0.2, 0.25) is 5.95 Å². The molecule has 0 saturated heterocycles. The lowest BCUT2D eigenvalue weighted by molar-refractivity contribution is 0.0925. The zero-order valence-electron chi connectivity index (χ0n) is 18.0. The number of aromatic nitrogens is 2. The van der Waals surface area contributed by atoms with Crippen molar-refractivity contribution in [1.29, 1.82) is 0 Å². The summed E-state index contributed by atoms with van der Waals surface area (Å²) in [5.41, 5.74) is 2.43. The van der Waals surface area contributed by atoms with Crippen molar-refractivity contribution in [3.63, 3.8) is 0 Å². The standard InChI is InChI=1S/C23H29F2N5O/c1-30(2)21-19-5-3-4-6-20(19)28-23(29-21)27-18-9-7-17(8-10-18)26-22(31)14-11-15(24)13-16(25)12-14/h11-13,17-18H,3-10H2,1-2H3,(H,26,31)(H,27,28,29)/t17-,18+. The summed E-state index contributed by atoms with van der Waals surface area (Å²) in [6.45, 7) is 0. The molecule has 1 fully saturated rings. The van der Waals surface area contributed by atoms with E-state index in [9.17, 15) is 13.6 Å². The average Bonchev–Trinajstić information content (AvgIpc) is 2.73. The smallest absolute Gasteiger partial charge is 0.251 e. The molecule has 1 heterocycles. The molecule has 2 N–H and O–H groups in total. The van der Waals surface area contributed by atoms with Crippen LogP contribution in [-0.2, 0) is 12.8 Å². The van der Waals surface area contributed by atoms with Gasteiger partial charge in [-0.2, -0.15) is 4.98 Å². The monoisotopic (exact) mass is 429 g/mol. The highest BCUT2D eigenvalue weighted by atomic mass is 19.1. The maximum absolute atomic E-state index is 13.4. The van der Waals surface area contributed by atoms with Gasteiger partial charge in [-0.1, -0.05) is 0 Å². The quantitative estimate of drug-likeness (QED) is 0.756. The lowest BCUT2D eigenvalue weighted by atomic mass is 9.91. The molecule has 0 aliphatic heterocycles. The number of amides is 1. The van der Waals surface area contributed by atoms with Gasteiger partial charge in [-0.3, -0.25) is 4.79 Å². The Morgan fingerprint density at radius 3 is 2.29 bits per heavy atom. The first-order valence-corrected chi connectivity index (χ1v) is 11.0. The molecule has 1 saturated carbocycles. The van der Waals surface area contributed by atoms with Gasteiger partial charge in [0.15, 0.2) is 0 Å². The van der Waals surface area contributed by atoms with Crippen molar-refractivity contribution in [1.82, 2.24) is 15.3 Å². The summed E-state index contributed by atoms with van der Waals surface area (Å²) in [5.74, 6) is -0.272. The number of fused-ring (bicyclic) bond motifs is 1. The Bertz CT molecular complexity index is 937. The summed E-state index contributed by atoms with van der Waals surface area (Å²) < 4.78 is 26.7.